The molecule has 0 spiro atoms. The highest BCUT2D eigenvalue weighted by Gasteiger charge is 2.01. The first-order valence-electron chi connectivity index (χ1n) is 4.90. The number of rotatable bonds is 3. The van der Waals surface area contributed by atoms with E-state index in [2.05, 4.69) is 41.4 Å². The molecule has 3 nitrogen and oxygen atoms in total. The fraction of sp³-hybridized carbons (Fsp3) is 0.273. The van der Waals surface area contributed by atoms with Gasteiger partial charge in [-0.25, -0.2) is 5.10 Å². The first-order valence-corrected chi connectivity index (χ1v) is 5.31. The fourth-order valence-electron chi connectivity index (χ4n) is 1.40. The summed E-state index contributed by atoms with van der Waals surface area (Å²) in [6.07, 6.45) is 1.74. The van der Waals surface area contributed by atoms with Crippen LogP contribution in [0.3, 0.4) is 0 Å². The van der Waals surface area contributed by atoms with E-state index in [1.807, 2.05) is 0 Å². The smallest absolute Gasteiger partial charge is 0.284 e. The van der Waals surface area contributed by atoms with Crippen LogP contribution in [0.4, 0.5) is 0 Å². The minimum absolute atomic E-state index is 0.329. The average Bonchev–Trinajstić information content (AvgIpc) is 2.65. The Hall–Kier alpha value is -1.42. The van der Waals surface area contributed by atoms with Crippen LogP contribution in [0.1, 0.15) is 23.9 Å². The number of aryl methyl sites for hydroxylation is 1. The second kappa shape index (κ2) is 4.40. The fourth-order valence-corrected chi connectivity index (χ4v) is 1.55. The van der Waals surface area contributed by atoms with Crippen LogP contribution in [-0.4, -0.2) is 10.2 Å². The van der Waals surface area contributed by atoms with Gasteiger partial charge >= 0.3 is 0 Å². The molecule has 0 bridgehead atoms. The van der Waals surface area contributed by atoms with E-state index in [9.17, 15) is 0 Å². The monoisotopic (exact) mass is 220 g/mol. The number of nitrogens with zero attached hydrogens (tertiary/aromatic N) is 1. The van der Waals surface area contributed by atoms with E-state index in [1.165, 1.54) is 11.1 Å². The van der Waals surface area contributed by atoms with Crippen molar-refractivity contribution in [3.63, 3.8) is 0 Å². The summed E-state index contributed by atoms with van der Waals surface area (Å²) < 4.78 is 5.19. The zero-order valence-electron chi connectivity index (χ0n) is 8.49. The molecule has 0 unspecified atom stereocenters. The lowest BCUT2D eigenvalue weighted by atomic mass is 10.1. The van der Waals surface area contributed by atoms with E-state index in [4.69, 9.17) is 16.6 Å². The second-order valence-electron chi connectivity index (χ2n) is 3.35. The minimum Gasteiger partial charge on any atom is -0.414 e. The Bertz CT molecular complexity index is 484. The summed E-state index contributed by atoms with van der Waals surface area (Å²) >= 11 is 4.80. The number of hydrogen-bond donors (Lipinski definition) is 1. The maximum absolute atomic E-state index is 5.19. The van der Waals surface area contributed by atoms with E-state index >= 15 is 0 Å². The molecule has 0 saturated heterocycles. The summed E-state index contributed by atoms with van der Waals surface area (Å²) in [5, 5.41) is 6.57. The van der Waals surface area contributed by atoms with Crippen LogP contribution in [0, 0.1) is 4.84 Å². The van der Waals surface area contributed by atoms with Crippen molar-refractivity contribution in [3.8, 4) is 0 Å². The molecule has 1 aromatic carbocycles. The van der Waals surface area contributed by atoms with E-state index < -0.39 is 0 Å². The lowest BCUT2D eigenvalue weighted by Gasteiger charge is -1.99. The molecule has 0 amide bonds. The molecule has 2 rings (SSSR count). The predicted octanol–water partition coefficient (Wildman–Crippen LogP) is 2.89. The number of hydrogen-bond acceptors (Lipinski definition) is 3. The third-order valence-corrected chi connectivity index (χ3v) is 2.44. The number of nitrogens with one attached hydrogen (secondary N) is 1. The predicted molar refractivity (Wildman–Crippen MR) is 60.3 cm³/mol. The van der Waals surface area contributed by atoms with E-state index in [-0.39, 0.29) is 0 Å². The van der Waals surface area contributed by atoms with E-state index in [0.29, 0.717) is 17.1 Å². The number of aromatic amines is 1. The number of aromatic nitrogens is 2. The lowest BCUT2D eigenvalue weighted by molar-refractivity contribution is 0.491. The highest BCUT2D eigenvalue weighted by molar-refractivity contribution is 7.71. The Morgan fingerprint density at radius 1 is 1.27 bits per heavy atom. The van der Waals surface area contributed by atoms with Gasteiger partial charge in [0.25, 0.3) is 4.84 Å². The first-order chi connectivity index (χ1) is 7.28. The van der Waals surface area contributed by atoms with Gasteiger partial charge in [-0.1, -0.05) is 31.2 Å². The van der Waals surface area contributed by atoms with Gasteiger partial charge in [-0.05, 0) is 29.8 Å². The van der Waals surface area contributed by atoms with Crippen molar-refractivity contribution >= 4 is 12.2 Å². The first kappa shape index (κ1) is 10.1. The molecule has 0 aliphatic rings. The summed E-state index contributed by atoms with van der Waals surface area (Å²) in [5.41, 5.74) is 2.51. The van der Waals surface area contributed by atoms with Crippen LogP contribution < -0.4 is 0 Å². The summed E-state index contributed by atoms with van der Waals surface area (Å²) in [5.74, 6) is 0.629. The Kier molecular flexibility index (Phi) is 2.97. The van der Waals surface area contributed by atoms with Gasteiger partial charge in [0.15, 0.2) is 0 Å². The third kappa shape index (κ3) is 2.53. The Morgan fingerprint density at radius 2 is 1.93 bits per heavy atom. The van der Waals surface area contributed by atoms with Gasteiger partial charge in [-0.3, -0.25) is 0 Å². The molecule has 0 aliphatic heterocycles. The van der Waals surface area contributed by atoms with Crippen molar-refractivity contribution < 1.29 is 4.42 Å². The highest BCUT2D eigenvalue weighted by atomic mass is 32.1. The normalized spacial score (nSPS) is 10.5. The largest absolute Gasteiger partial charge is 0.414 e. The minimum atomic E-state index is 0.329. The molecule has 1 N–H and O–H groups in total. The maximum atomic E-state index is 5.19. The Labute approximate surface area is 93.1 Å². The maximum Gasteiger partial charge on any atom is 0.284 e. The molecule has 2 aromatic rings. The topological polar surface area (TPSA) is 41.8 Å². The Morgan fingerprint density at radius 3 is 2.47 bits per heavy atom. The number of benzene rings is 1. The molecule has 1 aromatic heterocycles. The average molecular weight is 220 g/mol. The lowest BCUT2D eigenvalue weighted by Crippen LogP contribution is -1.89. The van der Waals surface area contributed by atoms with Crippen molar-refractivity contribution in [3.05, 3.63) is 46.1 Å². The van der Waals surface area contributed by atoms with Crippen LogP contribution in [0.25, 0.3) is 0 Å². The van der Waals surface area contributed by atoms with Gasteiger partial charge in [0.1, 0.15) is 0 Å². The quantitative estimate of drug-likeness (QED) is 0.809. The number of H-pyrrole nitrogens is 1. The molecular weight excluding hydrogens is 208 g/mol. The van der Waals surface area contributed by atoms with E-state index in [1.54, 1.807) is 0 Å². The molecule has 0 fully saturated rings. The third-order valence-electron chi connectivity index (χ3n) is 2.27. The van der Waals surface area contributed by atoms with Gasteiger partial charge in [0.2, 0.25) is 5.89 Å². The van der Waals surface area contributed by atoms with Crippen molar-refractivity contribution in [2.45, 2.75) is 19.8 Å². The second-order valence-corrected chi connectivity index (χ2v) is 3.72. The standard InChI is InChI=1S/C11H12N2OS/c1-2-8-3-5-9(6-4-8)7-10-12-13-11(15)14-10/h3-6H,2,7H2,1H3,(H,13,15). The Balaban J connectivity index is 2.14. The van der Waals surface area contributed by atoms with Crippen LogP contribution in [0.5, 0.6) is 0 Å². The van der Waals surface area contributed by atoms with Gasteiger partial charge < -0.3 is 4.42 Å². The van der Waals surface area contributed by atoms with Gasteiger partial charge in [-0.15, -0.1) is 5.10 Å². The molecule has 1 heterocycles. The van der Waals surface area contributed by atoms with Crippen LogP contribution in [0.15, 0.2) is 28.7 Å². The van der Waals surface area contributed by atoms with Gasteiger partial charge in [0.05, 0.1) is 6.42 Å². The van der Waals surface area contributed by atoms with Gasteiger partial charge in [-0.2, -0.15) is 0 Å². The summed E-state index contributed by atoms with van der Waals surface area (Å²) in [6, 6.07) is 8.42. The van der Waals surface area contributed by atoms with Crippen LogP contribution in [-0.2, 0) is 12.8 Å². The molecule has 0 radical (unpaired) electrons. The zero-order chi connectivity index (χ0) is 10.7. The van der Waals surface area contributed by atoms with Crippen molar-refractivity contribution in [1.82, 2.24) is 10.2 Å². The van der Waals surface area contributed by atoms with Crippen molar-refractivity contribution in [1.29, 1.82) is 0 Å². The zero-order valence-corrected chi connectivity index (χ0v) is 9.30. The summed E-state index contributed by atoms with van der Waals surface area (Å²) in [7, 11) is 0. The molecule has 0 aliphatic carbocycles. The summed E-state index contributed by atoms with van der Waals surface area (Å²) in [4.78, 5) is 0.329. The molecule has 15 heavy (non-hydrogen) atoms. The summed E-state index contributed by atoms with van der Waals surface area (Å²) in [6.45, 7) is 2.14. The van der Waals surface area contributed by atoms with E-state index in [0.717, 1.165) is 6.42 Å². The molecule has 4 heteroatoms. The van der Waals surface area contributed by atoms with Crippen molar-refractivity contribution in [2.75, 3.05) is 0 Å². The molecular formula is C11H12N2OS. The highest BCUT2D eigenvalue weighted by Crippen LogP contribution is 2.09. The molecule has 0 saturated carbocycles. The SMILES string of the molecule is CCc1ccc(Cc2n[nH]c(=S)o2)cc1. The molecule has 0 atom stereocenters. The van der Waals surface area contributed by atoms with Gasteiger partial charge in [0, 0.05) is 0 Å². The van der Waals surface area contributed by atoms with Crippen LogP contribution in [0.2, 0.25) is 0 Å². The van der Waals surface area contributed by atoms with Crippen LogP contribution >= 0.6 is 12.2 Å². The molecule has 78 valence electrons. The van der Waals surface area contributed by atoms with Crippen molar-refractivity contribution in [2.24, 2.45) is 0 Å².